The van der Waals surface area contributed by atoms with Crippen LogP contribution in [0.5, 0.6) is 0 Å². The lowest BCUT2D eigenvalue weighted by Gasteiger charge is -2.28. The van der Waals surface area contributed by atoms with Crippen LogP contribution in [0.15, 0.2) is 197 Å². The second-order valence-electron chi connectivity index (χ2n) is 15.9. The molecule has 2 aliphatic rings. The number of aliphatic imine (C=N–C) groups is 1. The molecule has 1 N–H and O–H groups in total. The molecule has 0 spiro atoms. The summed E-state index contributed by atoms with van der Waals surface area (Å²) in [5, 5.41) is 9.75. The summed E-state index contributed by atoms with van der Waals surface area (Å²) >= 11 is 0. The Bertz CT molecular complexity index is 3600. The normalized spacial score (nSPS) is 14.6. The molecule has 0 radical (unpaired) electrons. The quantitative estimate of drug-likeness (QED) is 0.190. The van der Waals surface area contributed by atoms with Gasteiger partial charge in [0.25, 0.3) is 0 Å². The summed E-state index contributed by atoms with van der Waals surface area (Å²) in [7, 11) is 0. The lowest BCUT2D eigenvalue weighted by atomic mass is 9.91. The van der Waals surface area contributed by atoms with Gasteiger partial charge in [-0.3, -0.25) is 0 Å². The molecule has 1 atom stereocenters. The summed E-state index contributed by atoms with van der Waals surface area (Å²) in [4.78, 5) is 5.05. The van der Waals surface area contributed by atoms with E-state index in [1.54, 1.807) is 0 Å². The van der Waals surface area contributed by atoms with Gasteiger partial charge in [-0.25, -0.2) is 4.99 Å². The van der Waals surface area contributed by atoms with Gasteiger partial charge in [-0.1, -0.05) is 121 Å². The average molecular weight is 769 g/mol. The van der Waals surface area contributed by atoms with Gasteiger partial charge < -0.3 is 18.9 Å². The van der Waals surface area contributed by atoms with Crippen molar-refractivity contribution in [3.05, 3.63) is 216 Å². The predicted molar refractivity (Wildman–Crippen MR) is 247 cm³/mol. The van der Waals surface area contributed by atoms with Gasteiger partial charge in [-0.2, -0.15) is 0 Å². The van der Waals surface area contributed by atoms with Crippen molar-refractivity contribution in [3.8, 4) is 22.5 Å². The van der Waals surface area contributed by atoms with E-state index < -0.39 is 0 Å². The first-order valence-corrected chi connectivity index (χ1v) is 20.6. The van der Waals surface area contributed by atoms with Crippen molar-refractivity contribution in [2.45, 2.75) is 12.5 Å². The smallest absolute Gasteiger partial charge is 0.137 e. The number of benzene rings is 8. The Morgan fingerprint density at radius 3 is 2.08 bits per heavy atom. The van der Waals surface area contributed by atoms with E-state index in [1.807, 2.05) is 6.07 Å². The fourth-order valence-corrected chi connectivity index (χ4v) is 9.94. The van der Waals surface area contributed by atoms with Crippen LogP contribution in [0.3, 0.4) is 0 Å². The highest BCUT2D eigenvalue weighted by Gasteiger charge is 2.27. The molecule has 0 bridgehead atoms. The Hall–Kier alpha value is -7.89. The Morgan fingerprint density at radius 2 is 1.22 bits per heavy atom. The second kappa shape index (κ2) is 12.8. The molecule has 3 aromatic heterocycles. The van der Waals surface area contributed by atoms with Gasteiger partial charge in [-0.15, -0.1) is 0 Å². The number of para-hydroxylation sites is 3. The lowest BCUT2D eigenvalue weighted by molar-refractivity contribution is 0.667. The van der Waals surface area contributed by atoms with Gasteiger partial charge in [-0.05, 0) is 83.4 Å². The van der Waals surface area contributed by atoms with Gasteiger partial charge in [0.1, 0.15) is 17.0 Å². The zero-order chi connectivity index (χ0) is 39.3. The first-order valence-electron chi connectivity index (χ1n) is 20.6. The lowest BCUT2D eigenvalue weighted by Crippen LogP contribution is -2.32. The molecule has 0 saturated carbocycles. The molecule has 60 heavy (non-hydrogen) atoms. The van der Waals surface area contributed by atoms with Crippen LogP contribution >= 0.6 is 0 Å². The molecular formula is C55H36N4O. The Balaban J connectivity index is 0.927. The molecule has 282 valence electrons. The van der Waals surface area contributed by atoms with E-state index in [1.165, 1.54) is 49.7 Å². The van der Waals surface area contributed by atoms with Crippen molar-refractivity contribution in [3.63, 3.8) is 0 Å². The fraction of sp³-hybridized carbons (Fsp3) is 0.0364. The van der Waals surface area contributed by atoms with Crippen molar-refractivity contribution >= 4 is 72.2 Å². The van der Waals surface area contributed by atoms with Crippen LogP contribution in [0.25, 0.3) is 83.2 Å². The number of rotatable bonds is 5. The minimum atomic E-state index is -0.105. The Kier molecular flexibility index (Phi) is 7.07. The van der Waals surface area contributed by atoms with Crippen LogP contribution in [-0.4, -0.2) is 15.0 Å². The van der Waals surface area contributed by atoms with Crippen LogP contribution in [-0.2, 0) is 6.42 Å². The number of fused-ring (bicyclic) bond motifs is 10. The molecular weight excluding hydrogens is 733 g/mol. The highest BCUT2D eigenvalue weighted by Crippen LogP contribution is 2.43. The van der Waals surface area contributed by atoms with Crippen molar-refractivity contribution in [2.75, 3.05) is 0 Å². The third-order valence-corrected chi connectivity index (χ3v) is 12.6. The van der Waals surface area contributed by atoms with E-state index in [9.17, 15) is 0 Å². The maximum Gasteiger partial charge on any atom is 0.137 e. The standard InChI is InChI=1S/C55H36N4O/c1-3-13-34(14-4-1)55-56-46-21-9-7-18-41(46)54(57-55)43-20-12-24-51-53(43)42-28-27-38(33-52(42)60-51)59-47-22-10-8-17-39(47)44-31-36(26-30-50(44)59)35-25-29-49-45(32-35)40-19-11-23-48(40)58(49)37-15-5-2-6-16-37/h1-22,24-33,54H,23H2,(H,56,57). The molecule has 11 aromatic rings. The van der Waals surface area contributed by atoms with E-state index in [-0.39, 0.29) is 6.04 Å². The first kappa shape index (κ1) is 33.1. The van der Waals surface area contributed by atoms with Gasteiger partial charge in [0.2, 0.25) is 0 Å². The minimum absolute atomic E-state index is 0.105. The molecule has 5 heteroatoms. The molecule has 1 aliphatic carbocycles. The number of amidine groups is 1. The van der Waals surface area contributed by atoms with E-state index in [2.05, 4.69) is 203 Å². The van der Waals surface area contributed by atoms with Crippen LogP contribution in [0.4, 0.5) is 5.69 Å². The molecule has 8 aromatic carbocycles. The zero-order valence-electron chi connectivity index (χ0n) is 32.5. The number of nitrogens with zero attached hydrogens (tertiary/aromatic N) is 3. The average Bonchev–Trinajstić information content (AvgIpc) is 4.09. The SMILES string of the molecule is C1=Cc2c(n(-c3ccccc3)c3ccc(-c4ccc5c(c4)c4ccccc4n5-c4ccc5c(c4)oc4cccc(C6NC(c7ccccc7)=Nc7ccccc76)c45)cc23)C1. The summed E-state index contributed by atoms with van der Waals surface area (Å²) in [5.74, 6) is 0.865. The summed E-state index contributed by atoms with van der Waals surface area (Å²) in [5.41, 5.74) is 17.0. The number of hydrogen-bond donors (Lipinski definition) is 1. The first-order chi connectivity index (χ1) is 29.7. The van der Waals surface area contributed by atoms with Crippen molar-refractivity contribution in [1.29, 1.82) is 0 Å². The Morgan fingerprint density at radius 1 is 0.500 bits per heavy atom. The molecule has 13 rings (SSSR count). The number of hydrogen-bond acceptors (Lipinski definition) is 3. The van der Waals surface area contributed by atoms with Crippen molar-refractivity contribution in [2.24, 2.45) is 4.99 Å². The highest BCUT2D eigenvalue weighted by atomic mass is 16.3. The zero-order valence-corrected chi connectivity index (χ0v) is 32.5. The highest BCUT2D eigenvalue weighted by molar-refractivity contribution is 6.12. The van der Waals surface area contributed by atoms with Crippen LogP contribution < -0.4 is 5.32 Å². The topological polar surface area (TPSA) is 47.4 Å². The monoisotopic (exact) mass is 768 g/mol. The predicted octanol–water partition coefficient (Wildman–Crippen LogP) is 13.6. The summed E-state index contributed by atoms with van der Waals surface area (Å²) in [6.45, 7) is 0. The largest absolute Gasteiger partial charge is 0.456 e. The second-order valence-corrected chi connectivity index (χ2v) is 15.9. The van der Waals surface area contributed by atoms with Gasteiger partial charge in [0.05, 0.1) is 28.3 Å². The molecule has 1 unspecified atom stereocenters. The number of furan rings is 1. The van der Waals surface area contributed by atoms with Gasteiger partial charge >= 0.3 is 0 Å². The fourth-order valence-electron chi connectivity index (χ4n) is 9.94. The number of nitrogens with one attached hydrogen (secondary N) is 1. The van der Waals surface area contributed by atoms with Gasteiger partial charge in [0, 0.05) is 73.2 Å². The van der Waals surface area contributed by atoms with Gasteiger partial charge in [0.15, 0.2) is 0 Å². The third-order valence-electron chi connectivity index (χ3n) is 12.6. The Labute approximate surface area is 345 Å². The van der Waals surface area contributed by atoms with E-state index >= 15 is 0 Å². The minimum Gasteiger partial charge on any atom is -0.456 e. The maximum absolute atomic E-state index is 6.74. The summed E-state index contributed by atoms with van der Waals surface area (Å²) in [6.07, 6.45) is 5.51. The van der Waals surface area contributed by atoms with Crippen molar-refractivity contribution < 1.29 is 4.42 Å². The molecule has 1 aliphatic heterocycles. The molecule has 0 amide bonds. The van der Waals surface area contributed by atoms with Crippen LogP contribution in [0.2, 0.25) is 0 Å². The molecule has 0 fully saturated rings. The third kappa shape index (κ3) is 4.90. The molecule has 5 nitrogen and oxygen atoms in total. The number of aromatic nitrogens is 2. The summed E-state index contributed by atoms with van der Waals surface area (Å²) < 4.78 is 11.5. The van der Waals surface area contributed by atoms with E-state index in [0.29, 0.717) is 0 Å². The van der Waals surface area contributed by atoms with Crippen LogP contribution in [0.1, 0.15) is 34.0 Å². The van der Waals surface area contributed by atoms with Crippen LogP contribution in [0, 0.1) is 0 Å². The number of allylic oxidation sites excluding steroid dienone is 1. The maximum atomic E-state index is 6.74. The van der Waals surface area contributed by atoms with E-state index in [4.69, 9.17) is 9.41 Å². The van der Waals surface area contributed by atoms with E-state index in [0.717, 1.165) is 73.3 Å². The summed E-state index contributed by atoms with van der Waals surface area (Å²) in [6, 6.07) is 65.1. The molecule has 0 saturated heterocycles. The molecule has 4 heterocycles. The van der Waals surface area contributed by atoms with Crippen molar-refractivity contribution in [1.82, 2.24) is 14.5 Å².